The van der Waals surface area contributed by atoms with E-state index in [1.807, 2.05) is 43.3 Å². The third kappa shape index (κ3) is 3.69. The number of para-hydroxylation sites is 1. The molecule has 1 aliphatic heterocycles. The molecule has 0 saturated carbocycles. The summed E-state index contributed by atoms with van der Waals surface area (Å²) in [6, 6.07) is 16.5. The third-order valence-corrected chi connectivity index (χ3v) is 4.98. The van der Waals surface area contributed by atoms with Crippen molar-refractivity contribution >= 4 is 23.2 Å². The first-order chi connectivity index (χ1) is 14.1. The lowest BCUT2D eigenvalue weighted by molar-refractivity contribution is 0.0984. The molecule has 0 fully saturated rings. The van der Waals surface area contributed by atoms with Crippen molar-refractivity contribution in [2.45, 2.75) is 13.3 Å². The fourth-order valence-corrected chi connectivity index (χ4v) is 3.49. The van der Waals surface area contributed by atoms with E-state index < -0.39 is 0 Å². The van der Waals surface area contributed by atoms with E-state index >= 15 is 0 Å². The van der Waals surface area contributed by atoms with Crippen LogP contribution in [0.1, 0.15) is 32.0 Å². The second-order valence-electron chi connectivity index (χ2n) is 6.92. The molecule has 1 aromatic heterocycles. The van der Waals surface area contributed by atoms with E-state index in [0.29, 0.717) is 23.5 Å². The van der Waals surface area contributed by atoms with Crippen LogP contribution in [0.15, 0.2) is 60.8 Å². The minimum Gasteiger partial charge on any atom is -0.495 e. The van der Waals surface area contributed by atoms with Gasteiger partial charge >= 0.3 is 0 Å². The zero-order valence-corrected chi connectivity index (χ0v) is 16.3. The van der Waals surface area contributed by atoms with Crippen LogP contribution in [0.3, 0.4) is 0 Å². The van der Waals surface area contributed by atoms with Crippen LogP contribution >= 0.6 is 0 Å². The topological polar surface area (TPSA) is 71.5 Å². The van der Waals surface area contributed by atoms with Crippen LogP contribution < -0.4 is 15.0 Å². The molecular weight excluding hydrogens is 366 g/mol. The van der Waals surface area contributed by atoms with Crippen LogP contribution in [0.4, 0.5) is 11.4 Å². The molecule has 0 saturated heterocycles. The first kappa shape index (κ1) is 18.7. The third-order valence-electron chi connectivity index (χ3n) is 4.98. The summed E-state index contributed by atoms with van der Waals surface area (Å²) >= 11 is 0. The maximum atomic E-state index is 13.0. The van der Waals surface area contributed by atoms with Crippen molar-refractivity contribution in [3.63, 3.8) is 0 Å². The van der Waals surface area contributed by atoms with E-state index in [-0.39, 0.29) is 17.5 Å². The van der Waals surface area contributed by atoms with E-state index in [2.05, 4.69) is 10.3 Å². The molecule has 0 spiro atoms. The highest BCUT2D eigenvalue weighted by Crippen LogP contribution is 2.29. The number of benzene rings is 2. The SMILES string of the molecule is COc1ccc(C)cc1NC(=O)c1ccnc(C(=O)N2CCc3ccccc32)c1. The highest BCUT2D eigenvalue weighted by Gasteiger charge is 2.26. The molecular formula is C23H21N3O3. The molecule has 0 unspecified atom stereocenters. The first-order valence-electron chi connectivity index (χ1n) is 9.38. The van der Waals surface area contributed by atoms with Gasteiger partial charge in [-0.3, -0.25) is 14.6 Å². The molecule has 0 radical (unpaired) electrons. The molecule has 0 aliphatic carbocycles. The Morgan fingerprint density at radius 2 is 1.93 bits per heavy atom. The lowest BCUT2D eigenvalue weighted by atomic mass is 10.1. The van der Waals surface area contributed by atoms with Crippen molar-refractivity contribution in [1.82, 2.24) is 4.98 Å². The van der Waals surface area contributed by atoms with Gasteiger partial charge in [0.25, 0.3) is 11.8 Å². The smallest absolute Gasteiger partial charge is 0.276 e. The molecule has 6 heteroatoms. The summed E-state index contributed by atoms with van der Waals surface area (Å²) in [7, 11) is 1.55. The highest BCUT2D eigenvalue weighted by atomic mass is 16.5. The van der Waals surface area contributed by atoms with Crippen molar-refractivity contribution in [2.24, 2.45) is 0 Å². The lowest BCUT2D eigenvalue weighted by Crippen LogP contribution is -2.30. The van der Waals surface area contributed by atoms with Crippen LogP contribution in [0.5, 0.6) is 5.75 Å². The molecule has 2 heterocycles. The van der Waals surface area contributed by atoms with Gasteiger partial charge in [-0.1, -0.05) is 24.3 Å². The van der Waals surface area contributed by atoms with E-state index in [0.717, 1.165) is 23.2 Å². The molecule has 3 aromatic rings. The number of carbonyl (C=O) groups is 2. The Kier molecular flexibility index (Phi) is 4.99. The number of nitrogens with zero attached hydrogens (tertiary/aromatic N) is 2. The predicted molar refractivity (Wildman–Crippen MR) is 112 cm³/mol. The van der Waals surface area contributed by atoms with Gasteiger partial charge in [-0.2, -0.15) is 0 Å². The van der Waals surface area contributed by atoms with E-state index in [1.54, 1.807) is 24.1 Å². The first-order valence-corrected chi connectivity index (χ1v) is 9.38. The van der Waals surface area contributed by atoms with E-state index in [1.165, 1.54) is 12.3 Å². The molecule has 6 nitrogen and oxygen atoms in total. The van der Waals surface area contributed by atoms with Crippen LogP contribution in [-0.4, -0.2) is 30.5 Å². The number of amides is 2. The zero-order valence-electron chi connectivity index (χ0n) is 16.3. The highest BCUT2D eigenvalue weighted by molar-refractivity contribution is 6.09. The maximum Gasteiger partial charge on any atom is 0.276 e. The summed E-state index contributed by atoms with van der Waals surface area (Å²) in [5, 5.41) is 2.85. The summed E-state index contributed by atoms with van der Waals surface area (Å²) in [5.74, 6) is 0.0351. The molecule has 0 atom stereocenters. The quantitative estimate of drug-likeness (QED) is 0.738. The van der Waals surface area contributed by atoms with Crippen molar-refractivity contribution < 1.29 is 14.3 Å². The molecule has 0 bridgehead atoms. The summed E-state index contributed by atoms with van der Waals surface area (Å²) in [6.07, 6.45) is 2.30. The number of pyridine rings is 1. The molecule has 29 heavy (non-hydrogen) atoms. The lowest BCUT2D eigenvalue weighted by Gasteiger charge is -2.17. The normalized spacial score (nSPS) is 12.4. The number of hydrogen-bond acceptors (Lipinski definition) is 4. The number of hydrogen-bond donors (Lipinski definition) is 1. The minimum absolute atomic E-state index is 0.210. The fraction of sp³-hybridized carbons (Fsp3) is 0.174. The van der Waals surface area contributed by atoms with Crippen LogP contribution in [0, 0.1) is 6.92 Å². The average molecular weight is 387 g/mol. The number of ether oxygens (including phenoxy) is 1. The summed E-state index contributed by atoms with van der Waals surface area (Å²) < 4.78 is 5.31. The van der Waals surface area contributed by atoms with Gasteiger partial charge in [0.15, 0.2) is 0 Å². The van der Waals surface area contributed by atoms with Gasteiger partial charge in [0.05, 0.1) is 12.8 Å². The van der Waals surface area contributed by atoms with Crippen LogP contribution in [0.25, 0.3) is 0 Å². The molecule has 4 rings (SSSR count). The number of aromatic nitrogens is 1. The van der Waals surface area contributed by atoms with Crippen LogP contribution in [-0.2, 0) is 6.42 Å². The summed E-state index contributed by atoms with van der Waals surface area (Å²) in [6.45, 7) is 2.54. The molecule has 2 aromatic carbocycles. The van der Waals surface area contributed by atoms with Gasteiger partial charge in [0, 0.05) is 24.0 Å². The van der Waals surface area contributed by atoms with Gasteiger partial charge in [0.1, 0.15) is 11.4 Å². The Morgan fingerprint density at radius 1 is 1.10 bits per heavy atom. The Balaban J connectivity index is 1.57. The van der Waals surface area contributed by atoms with Crippen LogP contribution in [0.2, 0.25) is 0 Å². The van der Waals surface area contributed by atoms with Gasteiger partial charge in [-0.15, -0.1) is 0 Å². The number of anilines is 2. The van der Waals surface area contributed by atoms with Crippen molar-refractivity contribution in [1.29, 1.82) is 0 Å². The molecule has 1 N–H and O–H groups in total. The van der Waals surface area contributed by atoms with Gasteiger partial charge in [0.2, 0.25) is 0 Å². The summed E-state index contributed by atoms with van der Waals surface area (Å²) in [5.41, 5.74) is 4.22. The standard InChI is InChI=1S/C23H21N3O3/c1-15-7-8-21(29-2)18(13-15)25-22(27)17-9-11-24-19(14-17)23(28)26-12-10-16-5-3-4-6-20(16)26/h3-9,11,13-14H,10,12H2,1-2H3,(H,25,27). The number of aryl methyl sites for hydroxylation is 1. The average Bonchev–Trinajstić information content (AvgIpc) is 3.17. The van der Waals surface area contributed by atoms with E-state index in [4.69, 9.17) is 4.74 Å². The Morgan fingerprint density at radius 3 is 2.76 bits per heavy atom. The second-order valence-corrected chi connectivity index (χ2v) is 6.92. The monoisotopic (exact) mass is 387 g/mol. The maximum absolute atomic E-state index is 13.0. The molecule has 146 valence electrons. The van der Waals surface area contributed by atoms with Crippen molar-refractivity contribution in [3.8, 4) is 5.75 Å². The number of fused-ring (bicyclic) bond motifs is 1. The van der Waals surface area contributed by atoms with E-state index in [9.17, 15) is 9.59 Å². The van der Waals surface area contributed by atoms with Crippen molar-refractivity contribution in [2.75, 3.05) is 23.9 Å². The Bertz CT molecular complexity index is 1090. The van der Waals surface area contributed by atoms with Gasteiger partial charge in [-0.05, 0) is 54.8 Å². The van der Waals surface area contributed by atoms with Gasteiger partial charge < -0.3 is 15.0 Å². The fourth-order valence-electron chi connectivity index (χ4n) is 3.49. The van der Waals surface area contributed by atoms with Gasteiger partial charge in [-0.25, -0.2) is 0 Å². The summed E-state index contributed by atoms with van der Waals surface area (Å²) in [4.78, 5) is 31.7. The number of methoxy groups -OCH3 is 1. The predicted octanol–water partition coefficient (Wildman–Crippen LogP) is 3.85. The zero-order chi connectivity index (χ0) is 20.4. The number of rotatable bonds is 4. The van der Waals surface area contributed by atoms with Crippen molar-refractivity contribution in [3.05, 3.63) is 83.2 Å². The second kappa shape index (κ2) is 7.75. The largest absolute Gasteiger partial charge is 0.495 e. The number of carbonyl (C=O) groups excluding carboxylic acids is 2. The Hall–Kier alpha value is -3.67. The Labute approximate surface area is 169 Å². The molecule has 1 aliphatic rings. The minimum atomic E-state index is -0.327. The molecule has 2 amide bonds. The number of nitrogens with one attached hydrogen (secondary N) is 1.